The minimum atomic E-state index is -0.739. The lowest BCUT2D eigenvalue weighted by atomic mass is 9.95. The Morgan fingerprint density at radius 2 is 1.74 bits per heavy atom. The van der Waals surface area contributed by atoms with E-state index in [9.17, 15) is 5.11 Å². The van der Waals surface area contributed by atoms with Crippen molar-refractivity contribution in [3.8, 4) is 11.5 Å². The van der Waals surface area contributed by atoms with Gasteiger partial charge in [0.05, 0.1) is 20.3 Å². The molecule has 0 bridgehead atoms. The Hall–Kier alpha value is -0.780. The van der Waals surface area contributed by atoms with Crippen LogP contribution in [0.15, 0.2) is 16.6 Å². The molecule has 1 aromatic rings. The van der Waals surface area contributed by atoms with Crippen LogP contribution >= 0.6 is 15.9 Å². The molecule has 3 N–H and O–H groups in total. The fourth-order valence-corrected chi connectivity index (χ4v) is 2.56. The molecule has 1 rings (SSSR count). The molecule has 0 saturated carbocycles. The average molecular weight is 332 g/mol. The van der Waals surface area contributed by atoms with E-state index < -0.39 is 6.10 Å². The third-order valence-electron chi connectivity index (χ3n) is 2.97. The molecule has 4 nitrogen and oxygen atoms in total. The molecule has 19 heavy (non-hydrogen) atoms. The smallest absolute Gasteiger partial charge is 0.161 e. The van der Waals surface area contributed by atoms with E-state index in [4.69, 9.17) is 15.2 Å². The molecule has 0 aliphatic carbocycles. The number of nitrogens with two attached hydrogens (primary N) is 1. The van der Waals surface area contributed by atoms with Crippen molar-refractivity contribution in [2.45, 2.75) is 32.4 Å². The number of methoxy groups -OCH3 is 2. The molecule has 0 aliphatic rings. The van der Waals surface area contributed by atoms with Gasteiger partial charge in [-0.15, -0.1) is 0 Å². The highest BCUT2D eigenvalue weighted by Crippen LogP contribution is 2.37. The molecule has 0 amide bonds. The highest BCUT2D eigenvalue weighted by atomic mass is 79.9. The van der Waals surface area contributed by atoms with Crippen LogP contribution in [-0.2, 0) is 0 Å². The van der Waals surface area contributed by atoms with E-state index in [1.807, 2.05) is 0 Å². The Bertz CT molecular complexity index is 423. The molecule has 0 heterocycles. The molecule has 0 aromatic heterocycles. The molecule has 5 heteroatoms. The first-order valence-electron chi connectivity index (χ1n) is 6.25. The summed E-state index contributed by atoms with van der Waals surface area (Å²) in [5.41, 5.74) is 6.75. The van der Waals surface area contributed by atoms with Crippen molar-refractivity contribution < 1.29 is 14.6 Å². The maximum Gasteiger partial charge on any atom is 0.161 e. The third kappa shape index (κ3) is 4.09. The number of hydrogen-bond acceptors (Lipinski definition) is 4. The van der Waals surface area contributed by atoms with Gasteiger partial charge in [0.25, 0.3) is 0 Å². The maximum atomic E-state index is 10.4. The number of aliphatic hydroxyl groups excluding tert-OH is 1. The molecular weight excluding hydrogens is 310 g/mol. The van der Waals surface area contributed by atoms with Crippen LogP contribution in [0, 0.1) is 5.92 Å². The van der Waals surface area contributed by atoms with E-state index in [0.717, 1.165) is 10.9 Å². The Balaban J connectivity index is 3.05. The van der Waals surface area contributed by atoms with Crippen LogP contribution < -0.4 is 15.2 Å². The highest BCUT2D eigenvalue weighted by molar-refractivity contribution is 9.10. The van der Waals surface area contributed by atoms with Gasteiger partial charge in [0.1, 0.15) is 0 Å². The van der Waals surface area contributed by atoms with Gasteiger partial charge in [0.15, 0.2) is 11.5 Å². The summed E-state index contributed by atoms with van der Waals surface area (Å²) in [4.78, 5) is 0. The highest BCUT2D eigenvalue weighted by Gasteiger charge is 2.22. The predicted molar refractivity (Wildman–Crippen MR) is 79.6 cm³/mol. The topological polar surface area (TPSA) is 64.7 Å². The summed E-state index contributed by atoms with van der Waals surface area (Å²) in [7, 11) is 3.14. The molecule has 0 fully saturated rings. The van der Waals surface area contributed by atoms with Crippen LogP contribution in [0.2, 0.25) is 0 Å². The van der Waals surface area contributed by atoms with Gasteiger partial charge in [0.2, 0.25) is 0 Å². The molecule has 1 aromatic carbocycles. The molecule has 2 atom stereocenters. The monoisotopic (exact) mass is 331 g/mol. The Morgan fingerprint density at radius 1 is 1.21 bits per heavy atom. The lowest BCUT2D eigenvalue weighted by Gasteiger charge is -2.23. The molecule has 0 saturated heterocycles. The maximum absolute atomic E-state index is 10.4. The Morgan fingerprint density at radius 3 is 2.21 bits per heavy atom. The summed E-state index contributed by atoms with van der Waals surface area (Å²) in [5, 5.41) is 10.4. The van der Waals surface area contributed by atoms with Gasteiger partial charge in [-0.05, 0) is 24.5 Å². The quantitative estimate of drug-likeness (QED) is 0.841. The van der Waals surface area contributed by atoms with Crippen LogP contribution in [0.25, 0.3) is 0 Å². The Labute approximate surface area is 123 Å². The van der Waals surface area contributed by atoms with Crippen molar-refractivity contribution in [2.24, 2.45) is 11.7 Å². The van der Waals surface area contributed by atoms with E-state index in [-0.39, 0.29) is 6.04 Å². The van der Waals surface area contributed by atoms with Gasteiger partial charge >= 0.3 is 0 Å². The first kappa shape index (κ1) is 16.3. The second-order valence-electron chi connectivity index (χ2n) is 4.97. The lowest BCUT2D eigenvalue weighted by molar-refractivity contribution is 0.135. The van der Waals surface area contributed by atoms with Crippen LogP contribution in [0.5, 0.6) is 11.5 Å². The first-order valence-corrected chi connectivity index (χ1v) is 7.05. The van der Waals surface area contributed by atoms with Crippen molar-refractivity contribution in [1.29, 1.82) is 0 Å². The SMILES string of the molecule is COc1cc(Br)c(C(O)C(N)CC(C)C)cc1OC. The van der Waals surface area contributed by atoms with E-state index in [0.29, 0.717) is 23.0 Å². The summed E-state index contributed by atoms with van der Waals surface area (Å²) >= 11 is 3.44. The second-order valence-corrected chi connectivity index (χ2v) is 5.82. The van der Waals surface area contributed by atoms with E-state index in [1.165, 1.54) is 0 Å². The summed E-state index contributed by atoms with van der Waals surface area (Å²) in [6, 6.07) is 3.22. The summed E-state index contributed by atoms with van der Waals surface area (Å²) in [6.45, 7) is 4.16. The molecule has 0 spiro atoms. The van der Waals surface area contributed by atoms with Crippen molar-refractivity contribution in [3.63, 3.8) is 0 Å². The molecule has 0 radical (unpaired) electrons. The number of rotatable bonds is 6. The minimum absolute atomic E-state index is 0.311. The van der Waals surface area contributed by atoms with Crippen LogP contribution in [-0.4, -0.2) is 25.4 Å². The summed E-state index contributed by atoms with van der Waals surface area (Å²) in [6.07, 6.45) is 0.0127. The number of aliphatic hydroxyl groups is 1. The van der Waals surface area contributed by atoms with Gasteiger partial charge in [-0.25, -0.2) is 0 Å². The fourth-order valence-electron chi connectivity index (χ4n) is 2.00. The Kier molecular flexibility index (Phi) is 6.10. The minimum Gasteiger partial charge on any atom is -0.493 e. The van der Waals surface area contributed by atoms with Gasteiger partial charge < -0.3 is 20.3 Å². The fraction of sp³-hybridized carbons (Fsp3) is 0.571. The lowest BCUT2D eigenvalue weighted by Crippen LogP contribution is -2.30. The number of benzene rings is 1. The third-order valence-corrected chi connectivity index (χ3v) is 3.66. The zero-order valence-electron chi connectivity index (χ0n) is 11.8. The zero-order chi connectivity index (χ0) is 14.6. The molecule has 0 aliphatic heterocycles. The first-order chi connectivity index (χ1) is 8.90. The van der Waals surface area contributed by atoms with E-state index >= 15 is 0 Å². The normalized spacial score (nSPS) is 14.3. The summed E-state index contributed by atoms with van der Waals surface area (Å²) < 4.78 is 11.2. The van der Waals surface area contributed by atoms with Gasteiger partial charge in [-0.3, -0.25) is 0 Å². The van der Waals surface area contributed by atoms with Crippen LogP contribution in [0.4, 0.5) is 0 Å². The van der Waals surface area contributed by atoms with Gasteiger partial charge in [-0.2, -0.15) is 0 Å². The zero-order valence-corrected chi connectivity index (χ0v) is 13.4. The molecular formula is C14H22BrNO3. The van der Waals surface area contributed by atoms with Crippen LogP contribution in [0.3, 0.4) is 0 Å². The predicted octanol–water partition coefficient (Wildman–Crippen LogP) is 2.87. The van der Waals surface area contributed by atoms with Crippen molar-refractivity contribution in [1.82, 2.24) is 0 Å². The average Bonchev–Trinajstić information content (AvgIpc) is 2.36. The second kappa shape index (κ2) is 7.12. The van der Waals surface area contributed by atoms with Crippen LogP contribution in [0.1, 0.15) is 31.9 Å². The molecule has 2 unspecified atom stereocenters. The number of hydrogen-bond donors (Lipinski definition) is 2. The molecule has 108 valence electrons. The van der Waals surface area contributed by atoms with Crippen molar-refractivity contribution >= 4 is 15.9 Å². The van der Waals surface area contributed by atoms with Crippen molar-refractivity contribution in [3.05, 3.63) is 22.2 Å². The van der Waals surface area contributed by atoms with E-state index in [2.05, 4.69) is 29.8 Å². The van der Waals surface area contributed by atoms with E-state index in [1.54, 1.807) is 26.4 Å². The van der Waals surface area contributed by atoms with Crippen molar-refractivity contribution in [2.75, 3.05) is 14.2 Å². The largest absolute Gasteiger partial charge is 0.493 e. The summed E-state index contributed by atoms with van der Waals surface area (Å²) in [5.74, 6) is 1.63. The van der Waals surface area contributed by atoms with Gasteiger partial charge in [-0.1, -0.05) is 29.8 Å². The van der Waals surface area contributed by atoms with Gasteiger partial charge in [0, 0.05) is 16.1 Å². The standard InChI is InChI=1S/C14H22BrNO3/c1-8(2)5-11(16)14(17)9-6-12(18-3)13(19-4)7-10(9)15/h6-8,11,14,17H,5,16H2,1-4H3. The number of ether oxygens (including phenoxy) is 2. The number of halogens is 1.